The molecule has 1 N–H and O–H groups in total. The van der Waals surface area contributed by atoms with Crippen LogP contribution in [0.15, 0.2) is 217 Å². The van der Waals surface area contributed by atoms with E-state index in [1.54, 1.807) is 0 Å². The Morgan fingerprint density at radius 3 is 1.37 bits per heavy atom. The van der Waals surface area contributed by atoms with Crippen molar-refractivity contribution in [3.05, 3.63) is 229 Å². The van der Waals surface area contributed by atoms with Crippen LogP contribution in [-0.2, 0) is 6.42 Å². The number of rotatable bonds is 6. The van der Waals surface area contributed by atoms with Crippen molar-refractivity contribution in [2.24, 2.45) is 0 Å². The second-order valence-electron chi connectivity index (χ2n) is 15.7. The molecular weight excluding hydrogens is 767 g/mol. The lowest BCUT2D eigenvalue weighted by Gasteiger charge is -2.15. The molecular formula is C59H47N3O. The fourth-order valence-electron chi connectivity index (χ4n) is 9.12. The summed E-state index contributed by atoms with van der Waals surface area (Å²) in [6.45, 7) is 5.86. The van der Waals surface area contributed by atoms with E-state index in [0.717, 1.165) is 34.5 Å². The van der Waals surface area contributed by atoms with Gasteiger partial charge in [-0.15, -0.1) is 0 Å². The molecule has 0 amide bonds. The molecule has 0 unspecified atom stereocenters. The largest absolute Gasteiger partial charge is 0.456 e. The van der Waals surface area contributed by atoms with Crippen LogP contribution in [0.2, 0.25) is 0 Å². The van der Waals surface area contributed by atoms with E-state index in [9.17, 15) is 0 Å². The van der Waals surface area contributed by atoms with Gasteiger partial charge in [0.1, 0.15) is 11.2 Å². The highest BCUT2D eigenvalue weighted by atomic mass is 16.3. The predicted octanol–water partition coefficient (Wildman–Crippen LogP) is 16.1. The van der Waals surface area contributed by atoms with Crippen molar-refractivity contribution in [2.75, 3.05) is 0 Å². The third-order valence-corrected chi connectivity index (χ3v) is 11.9. The Balaban J connectivity index is 0.000000150. The van der Waals surface area contributed by atoms with Crippen LogP contribution in [-0.4, -0.2) is 14.8 Å². The van der Waals surface area contributed by atoms with E-state index in [0.29, 0.717) is 5.71 Å². The molecule has 0 spiro atoms. The third-order valence-electron chi connectivity index (χ3n) is 11.9. The summed E-state index contributed by atoms with van der Waals surface area (Å²) in [5.41, 5.74) is 15.2. The van der Waals surface area contributed by atoms with E-state index in [4.69, 9.17) is 9.83 Å². The minimum Gasteiger partial charge on any atom is -0.456 e. The summed E-state index contributed by atoms with van der Waals surface area (Å²) in [7, 11) is 0. The zero-order chi connectivity index (χ0) is 42.9. The predicted molar refractivity (Wildman–Crippen MR) is 267 cm³/mol. The second kappa shape index (κ2) is 16.8. The van der Waals surface area contributed by atoms with Crippen molar-refractivity contribution in [1.29, 1.82) is 5.41 Å². The van der Waals surface area contributed by atoms with E-state index in [2.05, 4.69) is 203 Å². The SMILES string of the molecule is CC.CC(=N)c1cc(-n2c3ccccc3c3ccccc32)cc(-n2c3ccccc3c3ccccc32)c1.c1ccc(Cc2ccc(-c3cccc4oc5ccccc5c34)cc2)cc1. The summed E-state index contributed by atoms with van der Waals surface area (Å²) in [4.78, 5) is 0. The van der Waals surface area contributed by atoms with Gasteiger partial charge >= 0.3 is 0 Å². The van der Waals surface area contributed by atoms with E-state index in [-0.39, 0.29) is 0 Å². The molecule has 63 heavy (non-hydrogen) atoms. The van der Waals surface area contributed by atoms with Gasteiger partial charge in [-0.1, -0.05) is 172 Å². The lowest BCUT2D eigenvalue weighted by atomic mass is 9.97. The smallest absolute Gasteiger partial charge is 0.136 e. The number of benzene rings is 9. The highest BCUT2D eigenvalue weighted by Crippen LogP contribution is 2.38. The summed E-state index contributed by atoms with van der Waals surface area (Å²) < 4.78 is 10.7. The molecule has 9 aromatic carbocycles. The number of furan rings is 1. The standard InChI is InChI=1S/C32H23N3.C25H18O.C2H6/c1-21(33)22-18-23(34-29-14-6-2-10-25(29)26-11-3-7-15-30(26)34)20-24(19-22)35-31-16-8-4-12-27(31)28-13-5-9-17-32(28)35;1-2-7-18(8-3-1)17-19-13-15-20(16-14-19)21-10-6-12-24-25(21)22-9-4-5-11-23(22)26-24;1-2/h2-20,33H,1H3;1-16H,17H2;1-2H3. The van der Waals surface area contributed by atoms with Gasteiger partial charge in [-0.3, -0.25) is 0 Å². The molecule has 0 bridgehead atoms. The number of hydrogen-bond acceptors (Lipinski definition) is 2. The van der Waals surface area contributed by atoms with Gasteiger partial charge in [0.05, 0.1) is 22.1 Å². The number of para-hydroxylation sites is 5. The van der Waals surface area contributed by atoms with Crippen LogP contribution in [0.3, 0.4) is 0 Å². The van der Waals surface area contributed by atoms with Crippen molar-refractivity contribution in [2.45, 2.75) is 27.2 Å². The van der Waals surface area contributed by atoms with Crippen LogP contribution in [0, 0.1) is 5.41 Å². The molecule has 0 saturated heterocycles. The van der Waals surface area contributed by atoms with Gasteiger partial charge in [-0.05, 0) is 95.8 Å². The lowest BCUT2D eigenvalue weighted by Crippen LogP contribution is -2.03. The number of fused-ring (bicyclic) bond motifs is 9. The number of hydrogen-bond donors (Lipinski definition) is 1. The highest BCUT2D eigenvalue weighted by molar-refractivity contribution is 6.13. The first-order chi connectivity index (χ1) is 31.1. The van der Waals surface area contributed by atoms with E-state index in [1.807, 2.05) is 39.0 Å². The molecule has 3 heterocycles. The summed E-state index contributed by atoms with van der Waals surface area (Å²) >= 11 is 0. The van der Waals surface area contributed by atoms with Crippen LogP contribution in [0.4, 0.5) is 0 Å². The molecule has 3 aromatic heterocycles. The summed E-state index contributed by atoms with van der Waals surface area (Å²) in [5.74, 6) is 0. The molecule has 4 nitrogen and oxygen atoms in total. The fraction of sp³-hybridized carbons (Fsp3) is 0.0678. The molecule has 0 fully saturated rings. The zero-order valence-electron chi connectivity index (χ0n) is 35.7. The Morgan fingerprint density at radius 2 is 0.857 bits per heavy atom. The Bertz CT molecular complexity index is 3350. The molecule has 0 aliphatic carbocycles. The fourth-order valence-corrected chi connectivity index (χ4v) is 9.12. The van der Waals surface area contributed by atoms with Crippen LogP contribution < -0.4 is 0 Å². The summed E-state index contributed by atoms with van der Waals surface area (Å²) in [6, 6.07) is 74.8. The number of aromatic nitrogens is 2. The minimum absolute atomic E-state index is 0.551. The molecule has 0 atom stereocenters. The average Bonchev–Trinajstić information content (AvgIpc) is 4.01. The molecule has 4 heteroatoms. The summed E-state index contributed by atoms with van der Waals surface area (Å²) in [5, 5.41) is 15.8. The summed E-state index contributed by atoms with van der Waals surface area (Å²) in [6.07, 6.45) is 0.958. The third kappa shape index (κ3) is 7.16. The lowest BCUT2D eigenvalue weighted by molar-refractivity contribution is 0.669. The topological polar surface area (TPSA) is 46.9 Å². The van der Waals surface area contributed by atoms with Gasteiger partial charge in [0.15, 0.2) is 0 Å². The van der Waals surface area contributed by atoms with Crippen LogP contribution in [0.1, 0.15) is 37.5 Å². The van der Waals surface area contributed by atoms with Crippen LogP contribution >= 0.6 is 0 Å². The maximum atomic E-state index is 8.51. The molecule has 0 radical (unpaired) electrons. The quantitative estimate of drug-likeness (QED) is 0.167. The Kier molecular flexibility index (Phi) is 10.5. The monoisotopic (exact) mass is 813 g/mol. The highest BCUT2D eigenvalue weighted by Gasteiger charge is 2.17. The molecule has 0 aliphatic rings. The van der Waals surface area contributed by atoms with Gasteiger partial charge in [-0.25, -0.2) is 0 Å². The van der Waals surface area contributed by atoms with Crippen molar-refractivity contribution in [1.82, 2.24) is 9.13 Å². The number of nitrogens with one attached hydrogen (secondary N) is 1. The first-order valence-electron chi connectivity index (χ1n) is 21.8. The van der Waals surface area contributed by atoms with Crippen molar-refractivity contribution in [3.63, 3.8) is 0 Å². The van der Waals surface area contributed by atoms with Gasteiger partial charge in [0.2, 0.25) is 0 Å². The van der Waals surface area contributed by atoms with Gasteiger partial charge in [-0.2, -0.15) is 0 Å². The van der Waals surface area contributed by atoms with Crippen molar-refractivity contribution < 1.29 is 4.42 Å². The van der Waals surface area contributed by atoms with E-state index in [1.165, 1.54) is 76.6 Å². The Morgan fingerprint density at radius 1 is 0.429 bits per heavy atom. The van der Waals surface area contributed by atoms with Crippen molar-refractivity contribution in [3.8, 4) is 22.5 Å². The molecule has 12 aromatic rings. The normalized spacial score (nSPS) is 11.2. The van der Waals surface area contributed by atoms with E-state index < -0.39 is 0 Å². The van der Waals surface area contributed by atoms with Gasteiger partial charge in [0.25, 0.3) is 0 Å². The first-order valence-corrected chi connectivity index (χ1v) is 21.8. The maximum absolute atomic E-state index is 8.51. The molecule has 0 saturated carbocycles. The van der Waals surface area contributed by atoms with Crippen LogP contribution in [0.25, 0.3) is 88.1 Å². The molecule has 12 rings (SSSR count). The Hall–Kier alpha value is -7.95. The minimum atomic E-state index is 0.551. The van der Waals surface area contributed by atoms with Crippen LogP contribution in [0.5, 0.6) is 0 Å². The maximum Gasteiger partial charge on any atom is 0.136 e. The van der Waals surface area contributed by atoms with Crippen molar-refractivity contribution >= 4 is 71.3 Å². The second-order valence-corrected chi connectivity index (χ2v) is 15.7. The van der Waals surface area contributed by atoms with Gasteiger partial charge in [0, 0.05) is 49.4 Å². The first kappa shape index (κ1) is 39.2. The van der Waals surface area contributed by atoms with E-state index >= 15 is 0 Å². The average molecular weight is 814 g/mol. The molecule has 0 aliphatic heterocycles. The van der Waals surface area contributed by atoms with Gasteiger partial charge < -0.3 is 19.0 Å². The Labute approximate surface area is 367 Å². The zero-order valence-corrected chi connectivity index (χ0v) is 35.7. The number of nitrogens with zero attached hydrogens (tertiary/aromatic N) is 2. The molecule has 304 valence electrons.